The molecule has 19 heavy (non-hydrogen) atoms. The van der Waals surface area contributed by atoms with E-state index in [-0.39, 0.29) is 24.4 Å². The van der Waals surface area contributed by atoms with Gasteiger partial charge in [0.1, 0.15) is 0 Å². The van der Waals surface area contributed by atoms with E-state index < -0.39 is 0 Å². The van der Waals surface area contributed by atoms with Crippen molar-refractivity contribution in [3.63, 3.8) is 0 Å². The van der Waals surface area contributed by atoms with Crippen LogP contribution in [0.4, 0.5) is 0 Å². The van der Waals surface area contributed by atoms with Crippen molar-refractivity contribution in [3.8, 4) is 0 Å². The first-order chi connectivity index (χ1) is 8.61. The predicted octanol–water partition coefficient (Wildman–Crippen LogP) is 2.96. The molecule has 0 aliphatic heterocycles. The van der Waals surface area contributed by atoms with Crippen LogP contribution < -0.4 is 5.73 Å². The van der Waals surface area contributed by atoms with Crippen LogP contribution in [0, 0.1) is 11.8 Å². The van der Waals surface area contributed by atoms with Gasteiger partial charge in [-0.3, -0.25) is 4.79 Å². The first kappa shape index (κ1) is 16.8. The van der Waals surface area contributed by atoms with Crippen molar-refractivity contribution in [3.05, 3.63) is 0 Å². The third-order valence-corrected chi connectivity index (χ3v) is 5.11. The summed E-state index contributed by atoms with van der Waals surface area (Å²) in [5, 5.41) is 0. The zero-order valence-corrected chi connectivity index (χ0v) is 13.1. The lowest BCUT2D eigenvalue weighted by molar-refractivity contribution is -0.136. The second-order valence-corrected chi connectivity index (χ2v) is 6.30. The maximum atomic E-state index is 12.4. The Kier molecular flexibility index (Phi) is 6.61. The Bertz CT molecular complexity index is 290. The average Bonchev–Trinajstić information content (AvgIpc) is 2.84. The molecular formula is C15H29ClN2O. The van der Waals surface area contributed by atoms with Crippen LogP contribution in [-0.2, 0) is 4.79 Å². The van der Waals surface area contributed by atoms with Gasteiger partial charge in [-0.05, 0) is 50.9 Å². The molecule has 4 heteroatoms. The maximum absolute atomic E-state index is 12.4. The summed E-state index contributed by atoms with van der Waals surface area (Å²) in [5.74, 6) is 1.45. The molecule has 2 unspecified atom stereocenters. The van der Waals surface area contributed by atoms with Crippen LogP contribution in [0.25, 0.3) is 0 Å². The minimum Gasteiger partial charge on any atom is -0.343 e. The van der Waals surface area contributed by atoms with Crippen LogP contribution in [0.5, 0.6) is 0 Å². The summed E-state index contributed by atoms with van der Waals surface area (Å²) in [4.78, 5) is 14.4. The minimum absolute atomic E-state index is 0. The highest BCUT2D eigenvalue weighted by Crippen LogP contribution is 2.31. The van der Waals surface area contributed by atoms with Gasteiger partial charge in [0.15, 0.2) is 0 Å². The largest absolute Gasteiger partial charge is 0.343 e. The number of nitrogens with two attached hydrogens (primary N) is 1. The Morgan fingerprint density at radius 1 is 1.16 bits per heavy atom. The zero-order valence-electron chi connectivity index (χ0n) is 12.3. The fourth-order valence-corrected chi connectivity index (χ4v) is 3.65. The fraction of sp³-hybridized carbons (Fsp3) is 0.933. The summed E-state index contributed by atoms with van der Waals surface area (Å²) in [6.45, 7) is 2.28. The van der Waals surface area contributed by atoms with Gasteiger partial charge in [-0.25, -0.2) is 0 Å². The Hall–Kier alpha value is -0.280. The van der Waals surface area contributed by atoms with Crippen LogP contribution >= 0.6 is 12.4 Å². The molecular weight excluding hydrogens is 260 g/mol. The van der Waals surface area contributed by atoms with E-state index >= 15 is 0 Å². The van der Waals surface area contributed by atoms with Crippen LogP contribution in [0.15, 0.2) is 0 Å². The first-order valence-corrected chi connectivity index (χ1v) is 7.64. The highest BCUT2D eigenvalue weighted by atomic mass is 35.5. The standard InChI is InChI=1S/C15H28N2O.ClH/c1-3-11-4-8-14(9-5-11)17(2)15(18)12-6-7-13(16)10-12;/h11-14H,3-10,16H2,1-2H3;1H. The van der Waals surface area contributed by atoms with Crippen LogP contribution in [0.1, 0.15) is 58.3 Å². The van der Waals surface area contributed by atoms with Crippen molar-refractivity contribution in [1.29, 1.82) is 0 Å². The van der Waals surface area contributed by atoms with E-state index in [0.717, 1.165) is 25.2 Å². The second-order valence-electron chi connectivity index (χ2n) is 6.30. The number of carbonyl (C=O) groups is 1. The summed E-state index contributed by atoms with van der Waals surface area (Å²) in [5.41, 5.74) is 5.91. The Balaban J connectivity index is 0.00000180. The number of halogens is 1. The van der Waals surface area contributed by atoms with Crippen molar-refractivity contribution in [2.24, 2.45) is 17.6 Å². The molecule has 3 nitrogen and oxygen atoms in total. The van der Waals surface area contributed by atoms with Crippen molar-refractivity contribution in [2.45, 2.75) is 70.4 Å². The molecule has 0 bridgehead atoms. The van der Waals surface area contributed by atoms with Crippen molar-refractivity contribution in [2.75, 3.05) is 7.05 Å². The summed E-state index contributed by atoms with van der Waals surface area (Å²) >= 11 is 0. The molecule has 0 saturated heterocycles. The van der Waals surface area contributed by atoms with Crippen LogP contribution in [-0.4, -0.2) is 29.9 Å². The lowest BCUT2D eigenvalue weighted by atomic mass is 9.84. The van der Waals surface area contributed by atoms with Gasteiger partial charge in [0.05, 0.1) is 0 Å². The molecule has 2 aliphatic carbocycles. The lowest BCUT2D eigenvalue weighted by Crippen LogP contribution is -2.42. The highest BCUT2D eigenvalue weighted by Gasteiger charge is 2.33. The molecule has 0 heterocycles. The van der Waals surface area contributed by atoms with Gasteiger partial charge in [0, 0.05) is 25.0 Å². The van der Waals surface area contributed by atoms with Gasteiger partial charge >= 0.3 is 0 Å². The third-order valence-electron chi connectivity index (χ3n) is 5.11. The van der Waals surface area contributed by atoms with E-state index in [0.29, 0.717) is 11.9 Å². The topological polar surface area (TPSA) is 46.3 Å². The Labute approximate surface area is 123 Å². The number of hydrogen-bond acceptors (Lipinski definition) is 2. The van der Waals surface area contributed by atoms with Crippen molar-refractivity contribution in [1.82, 2.24) is 4.90 Å². The molecule has 0 aromatic heterocycles. The van der Waals surface area contributed by atoms with Gasteiger partial charge in [0.2, 0.25) is 5.91 Å². The van der Waals surface area contributed by atoms with E-state index in [2.05, 4.69) is 6.92 Å². The second kappa shape index (κ2) is 7.49. The molecule has 0 aromatic carbocycles. The highest BCUT2D eigenvalue weighted by molar-refractivity contribution is 5.85. The van der Waals surface area contributed by atoms with Crippen LogP contribution in [0.3, 0.4) is 0 Å². The summed E-state index contributed by atoms with van der Waals surface area (Å²) in [7, 11) is 2.00. The maximum Gasteiger partial charge on any atom is 0.225 e. The van der Waals surface area contributed by atoms with E-state index in [1.54, 1.807) is 0 Å². The molecule has 2 atom stereocenters. The molecule has 0 spiro atoms. The molecule has 2 aliphatic rings. The molecule has 2 N–H and O–H groups in total. The predicted molar refractivity (Wildman–Crippen MR) is 81.4 cm³/mol. The van der Waals surface area contributed by atoms with E-state index in [1.807, 2.05) is 11.9 Å². The van der Waals surface area contributed by atoms with Gasteiger partial charge in [-0.2, -0.15) is 0 Å². The van der Waals surface area contributed by atoms with Gasteiger partial charge in [-0.15, -0.1) is 12.4 Å². The number of carbonyl (C=O) groups excluding carboxylic acids is 1. The van der Waals surface area contributed by atoms with Crippen molar-refractivity contribution < 1.29 is 4.79 Å². The molecule has 1 amide bonds. The first-order valence-electron chi connectivity index (χ1n) is 7.64. The monoisotopic (exact) mass is 288 g/mol. The molecule has 2 saturated carbocycles. The molecule has 112 valence electrons. The number of rotatable bonds is 3. The fourth-order valence-electron chi connectivity index (χ4n) is 3.65. The Morgan fingerprint density at radius 2 is 1.79 bits per heavy atom. The van der Waals surface area contributed by atoms with Gasteiger partial charge in [0.25, 0.3) is 0 Å². The normalized spacial score (nSPS) is 34.7. The minimum atomic E-state index is 0. The molecule has 0 radical (unpaired) electrons. The van der Waals surface area contributed by atoms with Crippen LogP contribution in [0.2, 0.25) is 0 Å². The zero-order chi connectivity index (χ0) is 13.1. The SMILES string of the molecule is CCC1CCC(N(C)C(=O)C2CCC(N)C2)CC1.Cl. The van der Waals surface area contributed by atoms with Gasteiger partial charge < -0.3 is 10.6 Å². The number of hydrogen-bond donors (Lipinski definition) is 1. The van der Waals surface area contributed by atoms with E-state index in [9.17, 15) is 4.79 Å². The van der Waals surface area contributed by atoms with Crippen molar-refractivity contribution >= 4 is 18.3 Å². The molecule has 0 aromatic rings. The lowest BCUT2D eigenvalue weighted by Gasteiger charge is -2.35. The van der Waals surface area contributed by atoms with Gasteiger partial charge in [-0.1, -0.05) is 13.3 Å². The summed E-state index contributed by atoms with van der Waals surface area (Å²) in [6, 6.07) is 0.736. The quantitative estimate of drug-likeness (QED) is 0.868. The smallest absolute Gasteiger partial charge is 0.225 e. The van der Waals surface area contributed by atoms with E-state index in [4.69, 9.17) is 5.73 Å². The molecule has 2 fully saturated rings. The summed E-state index contributed by atoms with van der Waals surface area (Å²) in [6.07, 6.45) is 9.18. The third kappa shape index (κ3) is 4.09. The van der Waals surface area contributed by atoms with E-state index in [1.165, 1.54) is 32.1 Å². The number of amides is 1. The number of nitrogens with zero attached hydrogens (tertiary/aromatic N) is 1. The average molecular weight is 289 g/mol. The summed E-state index contributed by atoms with van der Waals surface area (Å²) < 4.78 is 0. The molecule has 2 rings (SSSR count). The Morgan fingerprint density at radius 3 is 2.26 bits per heavy atom.